The van der Waals surface area contributed by atoms with E-state index >= 15 is 0 Å². The van der Waals surface area contributed by atoms with Gasteiger partial charge >= 0.3 is 119 Å². The van der Waals surface area contributed by atoms with Crippen LogP contribution in [0.4, 0.5) is 0 Å². The van der Waals surface area contributed by atoms with Gasteiger partial charge in [0.05, 0.1) is 0 Å². The first-order valence-electron chi connectivity index (χ1n) is 5.89. The normalized spacial score (nSPS) is 17.5. The Hall–Kier alpha value is -1.24. The first-order valence-corrected chi connectivity index (χ1v) is 8.93. The zero-order valence-corrected chi connectivity index (χ0v) is 13.2. The molecule has 1 aliphatic heterocycles. The monoisotopic (exact) mass is 374 g/mol. The maximum absolute atomic E-state index is 11.8. The van der Waals surface area contributed by atoms with E-state index in [0.717, 1.165) is 9.13 Å². The second-order valence-electron chi connectivity index (χ2n) is 4.43. The van der Waals surface area contributed by atoms with Gasteiger partial charge in [-0.25, -0.2) is 0 Å². The second-order valence-corrected chi connectivity index (χ2v) is 8.47. The van der Waals surface area contributed by atoms with Crippen molar-refractivity contribution in [1.82, 2.24) is 0 Å². The standard InChI is InChI=1S/C13H15IN2O3/c1-4-18-12(17)11(16-15)14-10-8-6-5-7-9(10)13(2,3)19-14/h5-8H,4H2,1-3H3. The summed E-state index contributed by atoms with van der Waals surface area (Å²) in [7, 11) is 0. The minimum absolute atomic E-state index is 0.0316. The summed E-state index contributed by atoms with van der Waals surface area (Å²) in [4.78, 5) is 15.0. The first kappa shape index (κ1) is 14.2. The van der Waals surface area contributed by atoms with Crippen LogP contribution in [0.1, 0.15) is 26.3 Å². The van der Waals surface area contributed by atoms with Crippen LogP contribution in [0.3, 0.4) is 0 Å². The Morgan fingerprint density at radius 3 is 2.79 bits per heavy atom. The molecule has 19 heavy (non-hydrogen) atoms. The Morgan fingerprint density at radius 2 is 2.16 bits per heavy atom. The molecule has 0 radical (unpaired) electrons. The summed E-state index contributed by atoms with van der Waals surface area (Å²) in [6.45, 7) is 5.85. The fraction of sp³-hybridized carbons (Fsp3) is 0.385. The summed E-state index contributed by atoms with van der Waals surface area (Å²) < 4.78 is 11.9. The Kier molecular flexibility index (Phi) is 4.03. The van der Waals surface area contributed by atoms with Crippen molar-refractivity contribution in [2.75, 3.05) is 6.61 Å². The van der Waals surface area contributed by atoms with E-state index in [9.17, 15) is 4.79 Å². The van der Waals surface area contributed by atoms with Gasteiger partial charge in [0.15, 0.2) is 0 Å². The average Bonchev–Trinajstić information content (AvgIpc) is 2.64. The van der Waals surface area contributed by atoms with Crippen LogP contribution in [-0.4, -0.2) is 21.1 Å². The van der Waals surface area contributed by atoms with Crippen molar-refractivity contribution in [2.45, 2.75) is 26.4 Å². The van der Waals surface area contributed by atoms with Crippen molar-refractivity contribution in [3.8, 4) is 0 Å². The van der Waals surface area contributed by atoms with Gasteiger partial charge in [-0.1, -0.05) is 0 Å². The number of fused-ring (bicyclic) bond motifs is 1. The van der Waals surface area contributed by atoms with Gasteiger partial charge < -0.3 is 0 Å². The number of hydrogen-bond donors (Lipinski definition) is 0. The maximum atomic E-state index is 11.8. The van der Waals surface area contributed by atoms with E-state index in [1.165, 1.54) is 0 Å². The number of carbonyl (C=O) groups excluding carboxylic acids is 1. The van der Waals surface area contributed by atoms with Crippen molar-refractivity contribution < 1.29 is 17.4 Å². The molecule has 6 heteroatoms. The van der Waals surface area contributed by atoms with E-state index in [1.807, 2.05) is 38.1 Å². The molecule has 0 amide bonds. The molecule has 5 nitrogen and oxygen atoms in total. The van der Waals surface area contributed by atoms with Crippen molar-refractivity contribution in [3.63, 3.8) is 0 Å². The van der Waals surface area contributed by atoms with Crippen molar-refractivity contribution in [1.29, 1.82) is 0 Å². The van der Waals surface area contributed by atoms with E-state index in [0.29, 0.717) is 0 Å². The van der Waals surface area contributed by atoms with Crippen LogP contribution in [0.5, 0.6) is 0 Å². The van der Waals surface area contributed by atoms with Gasteiger partial charge in [-0.2, -0.15) is 0 Å². The molecule has 0 aliphatic carbocycles. The predicted molar refractivity (Wildman–Crippen MR) is 78.5 cm³/mol. The van der Waals surface area contributed by atoms with Gasteiger partial charge in [-0.15, -0.1) is 0 Å². The second kappa shape index (κ2) is 5.40. The van der Waals surface area contributed by atoms with Gasteiger partial charge in [0.1, 0.15) is 0 Å². The molecular weight excluding hydrogens is 359 g/mol. The number of halogens is 1. The van der Waals surface area contributed by atoms with Crippen molar-refractivity contribution >= 4 is 29.9 Å². The van der Waals surface area contributed by atoms with E-state index in [2.05, 4.69) is 4.79 Å². The van der Waals surface area contributed by atoms with Gasteiger partial charge in [-0.05, 0) is 0 Å². The molecule has 0 saturated heterocycles. The molecule has 0 atom stereocenters. The summed E-state index contributed by atoms with van der Waals surface area (Å²) in [6.07, 6.45) is 0. The number of nitrogens with zero attached hydrogens (tertiary/aromatic N) is 2. The molecular formula is C13H15IN2O3. The molecule has 0 saturated carbocycles. The Bertz CT molecular complexity index is 565. The molecule has 102 valence electrons. The minimum atomic E-state index is -2.49. The molecule has 1 heterocycles. The number of esters is 1. The third-order valence-electron chi connectivity index (χ3n) is 2.67. The quantitative estimate of drug-likeness (QED) is 0.269. The van der Waals surface area contributed by atoms with E-state index in [4.69, 9.17) is 13.3 Å². The topological polar surface area (TPSA) is 71.9 Å². The molecule has 1 aliphatic rings. The first-order chi connectivity index (χ1) is 9.01. The molecule has 1 aromatic carbocycles. The number of benzene rings is 1. The molecule has 0 aromatic heterocycles. The zero-order valence-electron chi connectivity index (χ0n) is 11.0. The molecule has 0 unspecified atom stereocenters. The Morgan fingerprint density at radius 1 is 1.47 bits per heavy atom. The average molecular weight is 374 g/mol. The van der Waals surface area contributed by atoms with Crippen molar-refractivity contribution in [2.24, 2.45) is 0 Å². The molecule has 0 bridgehead atoms. The zero-order chi connectivity index (χ0) is 14.0. The third kappa shape index (κ3) is 2.56. The fourth-order valence-electron chi connectivity index (χ4n) is 1.84. The summed E-state index contributed by atoms with van der Waals surface area (Å²) in [5.41, 5.74) is 9.70. The van der Waals surface area contributed by atoms with Crippen molar-refractivity contribution in [3.05, 3.63) is 38.9 Å². The molecule has 0 fully saturated rings. The number of ether oxygens (including phenoxy) is 1. The number of carbonyl (C=O) groups is 1. The van der Waals surface area contributed by atoms with Crippen LogP contribution >= 0.6 is 20.2 Å². The molecule has 0 N–H and O–H groups in total. The Labute approximate surface area is 119 Å². The SMILES string of the molecule is CCOC(=O)C(=[N+]=[N-])I1OC(C)(C)c2ccccc21. The van der Waals surface area contributed by atoms with E-state index in [1.54, 1.807) is 6.92 Å². The van der Waals surface area contributed by atoms with Crippen LogP contribution in [0.25, 0.3) is 5.53 Å². The van der Waals surface area contributed by atoms with Crippen LogP contribution in [-0.2, 0) is 18.2 Å². The third-order valence-corrected chi connectivity index (χ3v) is 7.79. The van der Waals surface area contributed by atoms with Gasteiger partial charge in [0, 0.05) is 0 Å². The molecule has 1 aromatic rings. The molecule has 2 rings (SSSR count). The summed E-state index contributed by atoms with van der Waals surface area (Å²) in [5, 5.41) is 0. The predicted octanol–water partition coefficient (Wildman–Crippen LogP) is 2.73. The van der Waals surface area contributed by atoms with Crippen LogP contribution in [0.15, 0.2) is 24.3 Å². The summed E-state index contributed by atoms with van der Waals surface area (Å²) >= 11 is -2.49. The van der Waals surface area contributed by atoms with Gasteiger partial charge in [0.25, 0.3) is 0 Å². The van der Waals surface area contributed by atoms with E-state index < -0.39 is 31.8 Å². The fourth-order valence-corrected chi connectivity index (χ4v) is 6.82. The molecule has 0 spiro atoms. The van der Waals surface area contributed by atoms with Gasteiger partial charge in [-0.3, -0.25) is 0 Å². The summed E-state index contributed by atoms with van der Waals surface area (Å²) in [5.74, 6) is -0.595. The van der Waals surface area contributed by atoms with Crippen LogP contribution < -0.4 is 0 Å². The number of rotatable bonds is 3. The van der Waals surface area contributed by atoms with Gasteiger partial charge in [0.2, 0.25) is 0 Å². The van der Waals surface area contributed by atoms with Crippen LogP contribution in [0, 0.1) is 3.57 Å². The summed E-state index contributed by atoms with van der Waals surface area (Å²) in [6, 6.07) is 7.74. The van der Waals surface area contributed by atoms with E-state index in [-0.39, 0.29) is 10.3 Å². The Balaban J connectivity index is 2.43. The number of hydrogen-bond acceptors (Lipinski definition) is 3. The van der Waals surface area contributed by atoms with Crippen LogP contribution in [0.2, 0.25) is 0 Å².